The quantitative estimate of drug-likeness (QED) is 0.834. The van der Waals surface area contributed by atoms with E-state index in [2.05, 4.69) is 9.97 Å². The average Bonchev–Trinajstić information content (AvgIpc) is 2.63. The van der Waals surface area contributed by atoms with Gasteiger partial charge >= 0.3 is 0 Å². The summed E-state index contributed by atoms with van der Waals surface area (Å²) in [4.78, 5) is 22.8. The van der Waals surface area contributed by atoms with Gasteiger partial charge in [0.15, 0.2) is 0 Å². The molecular formula is C17H17Cl2N3O2. The van der Waals surface area contributed by atoms with Crippen molar-refractivity contribution in [2.24, 2.45) is 0 Å². The summed E-state index contributed by atoms with van der Waals surface area (Å²) in [6.45, 7) is 3.42. The van der Waals surface area contributed by atoms with Gasteiger partial charge in [-0.2, -0.15) is 0 Å². The number of amides is 1. The van der Waals surface area contributed by atoms with Crippen LogP contribution in [0.2, 0.25) is 10.0 Å². The van der Waals surface area contributed by atoms with Gasteiger partial charge in [-0.3, -0.25) is 4.79 Å². The number of ether oxygens (including phenoxy) is 1. The second-order valence-electron chi connectivity index (χ2n) is 5.53. The first-order chi connectivity index (χ1) is 11.6. The molecule has 126 valence electrons. The van der Waals surface area contributed by atoms with Crippen LogP contribution < -0.4 is 0 Å². The molecule has 0 N–H and O–H groups in total. The molecule has 1 aliphatic heterocycles. The fourth-order valence-corrected chi connectivity index (χ4v) is 2.88. The molecule has 0 aliphatic carbocycles. The van der Waals surface area contributed by atoms with Gasteiger partial charge in [0, 0.05) is 25.4 Å². The van der Waals surface area contributed by atoms with Crippen molar-refractivity contribution < 1.29 is 9.53 Å². The Morgan fingerprint density at radius 3 is 2.71 bits per heavy atom. The fraction of sp³-hybridized carbons (Fsp3) is 0.353. The summed E-state index contributed by atoms with van der Waals surface area (Å²) in [5.41, 5.74) is 1.39. The van der Waals surface area contributed by atoms with Crippen molar-refractivity contribution in [1.82, 2.24) is 14.9 Å². The standard InChI is InChI=1S/C17H17Cl2N3O2/c1-2-16-20-8-12(9-21-16)17(23)22-5-6-24-15(10-22)11-3-4-13(18)14(19)7-11/h3-4,7-9,15H,2,5-6,10H2,1H3. The number of benzene rings is 1. The lowest BCUT2D eigenvalue weighted by Gasteiger charge is -2.33. The molecule has 1 fully saturated rings. The molecule has 0 saturated carbocycles. The lowest BCUT2D eigenvalue weighted by Crippen LogP contribution is -2.42. The van der Waals surface area contributed by atoms with E-state index in [1.807, 2.05) is 13.0 Å². The Morgan fingerprint density at radius 2 is 2.04 bits per heavy atom. The normalized spacial score (nSPS) is 17.8. The summed E-state index contributed by atoms with van der Waals surface area (Å²) in [6.07, 6.45) is 3.68. The number of aromatic nitrogens is 2. The molecule has 1 aromatic heterocycles. The van der Waals surface area contributed by atoms with Crippen LogP contribution in [0.5, 0.6) is 0 Å². The van der Waals surface area contributed by atoms with Gasteiger partial charge in [0.1, 0.15) is 11.9 Å². The van der Waals surface area contributed by atoms with Crippen molar-refractivity contribution in [1.29, 1.82) is 0 Å². The number of nitrogens with zero attached hydrogens (tertiary/aromatic N) is 3. The third-order valence-electron chi connectivity index (χ3n) is 3.94. The van der Waals surface area contributed by atoms with Crippen molar-refractivity contribution in [3.63, 3.8) is 0 Å². The number of hydrogen-bond donors (Lipinski definition) is 0. The van der Waals surface area contributed by atoms with Gasteiger partial charge in [0.25, 0.3) is 5.91 Å². The first-order valence-electron chi connectivity index (χ1n) is 7.75. The van der Waals surface area contributed by atoms with E-state index in [0.29, 0.717) is 35.3 Å². The Hall–Kier alpha value is -1.69. The van der Waals surface area contributed by atoms with Crippen LogP contribution in [-0.2, 0) is 11.2 Å². The van der Waals surface area contributed by atoms with Gasteiger partial charge < -0.3 is 9.64 Å². The predicted octanol–water partition coefficient (Wildman–Crippen LogP) is 3.56. The summed E-state index contributed by atoms with van der Waals surface area (Å²) in [5.74, 6) is 0.633. The molecule has 3 rings (SSSR count). The van der Waals surface area contributed by atoms with Crippen LogP contribution in [0, 0.1) is 0 Å². The topological polar surface area (TPSA) is 55.3 Å². The number of aryl methyl sites for hydroxylation is 1. The van der Waals surface area contributed by atoms with E-state index in [1.54, 1.807) is 29.4 Å². The maximum Gasteiger partial charge on any atom is 0.257 e. The van der Waals surface area contributed by atoms with Gasteiger partial charge in [-0.05, 0) is 17.7 Å². The van der Waals surface area contributed by atoms with E-state index in [-0.39, 0.29) is 12.0 Å². The van der Waals surface area contributed by atoms with Crippen molar-refractivity contribution in [3.8, 4) is 0 Å². The zero-order valence-electron chi connectivity index (χ0n) is 13.2. The van der Waals surface area contributed by atoms with Crippen LogP contribution in [0.3, 0.4) is 0 Å². The highest BCUT2D eigenvalue weighted by Crippen LogP contribution is 2.29. The molecule has 7 heteroatoms. The fourth-order valence-electron chi connectivity index (χ4n) is 2.58. The molecular weight excluding hydrogens is 349 g/mol. The molecule has 1 atom stereocenters. The Bertz CT molecular complexity index is 737. The van der Waals surface area contributed by atoms with E-state index in [1.165, 1.54) is 0 Å². The third-order valence-corrected chi connectivity index (χ3v) is 4.68. The van der Waals surface area contributed by atoms with E-state index >= 15 is 0 Å². The summed E-state index contributed by atoms with van der Waals surface area (Å²) >= 11 is 12.0. The number of halogens is 2. The van der Waals surface area contributed by atoms with E-state index < -0.39 is 0 Å². The van der Waals surface area contributed by atoms with Gasteiger partial charge in [-0.1, -0.05) is 36.2 Å². The zero-order chi connectivity index (χ0) is 17.1. The predicted molar refractivity (Wildman–Crippen MR) is 92.5 cm³/mol. The van der Waals surface area contributed by atoms with Crippen LogP contribution in [0.15, 0.2) is 30.6 Å². The first kappa shape index (κ1) is 17.1. The molecule has 1 saturated heterocycles. The average molecular weight is 366 g/mol. The van der Waals surface area contributed by atoms with Crippen LogP contribution in [0.1, 0.15) is 34.8 Å². The molecule has 1 aliphatic rings. The molecule has 2 aromatic rings. The lowest BCUT2D eigenvalue weighted by atomic mass is 10.1. The van der Waals surface area contributed by atoms with Gasteiger partial charge in [-0.25, -0.2) is 9.97 Å². The molecule has 1 aromatic carbocycles. The summed E-state index contributed by atoms with van der Waals surface area (Å²) in [7, 11) is 0. The molecule has 1 amide bonds. The highest BCUT2D eigenvalue weighted by molar-refractivity contribution is 6.42. The first-order valence-corrected chi connectivity index (χ1v) is 8.51. The second-order valence-corrected chi connectivity index (χ2v) is 6.34. The summed E-state index contributed by atoms with van der Waals surface area (Å²) < 4.78 is 5.78. The van der Waals surface area contributed by atoms with Crippen LogP contribution in [-0.4, -0.2) is 40.5 Å². The SMILES string of the molecule is CCc1ncc(C(=O)N2CCOC(c3ccc(Cl)c(Cl)c3)C2)cn1. The Kier molecular flexibility index (Phi) is 5.33. The molecule has 0 bridgehead atoms. The number of rotatable bonds is 3. The van der Waals surface area contributed by atoms with Crippen molar-refractivity contribution in [2.75, 3.05) is 19.7 Å². The number of carbonyl (C=O) groups excluding carboxylic acids is 1. The molecule has 0 radical (unpaired) electrons. The van der Waals surface area contributed by atoms with Crippen molar-refractivity contribution in [3.05, 3.63) is 57.6 Å². The maximum atomic E-state index is 12.6. The second kappa shape index (κ2) is 7.47. The number of morpholine rings is 1. The van der Waals surface area contributed by atoms with Crippen LogP contribution in [0.4, 0.5) is 0 Å². The maximum absolute atomic E-state index is 12.6. The van der Waals surface area contributed by atoms with E-state index in [0.717, 1.165) is 17.8 Å². The minimum Gasteiger partial charge on any atom is -0.370 e. The third kappa shape index (κ3) is 3.69. The zero-order valence-corrected chi connectivity index (χ0v) is 14.7. The van der Waals surface area contributed by atoms with E-state index in [4.69, 9.17) is 27.9 Å². The summed E-state index contributed by atoms with van der Waals surface area (Å²) in [6, 6.07) is 5.38. The monoisotopic (exact) mass is 365 g/mol. The number of hydrogen-bond acceptors (Lipinski definition) is 4. The molecule has 2 heterocycles. The Labute approximate surface area is 150 Å². The largest absolute Gasteiger partial charge is 0.370 e. The van der Waals surface area contributed by atoms with Gasteiger partial charge in [0.2, 0.25) is 0 Å². The van der Waals surface area contributed by atoms with Gasteiger partial charge in [-0.15, -0.1) is 0 Å². The smallest absolute Gasteiger partial charge is 0.257 e. The molecule has 0 spiro atoms. The van der Waals surface area contributed by atoms with E-state index in [9.17, 15) is 4.79 Å². The van der Waals surface area contributed by atoms with Crippen molar-refractivity contribution in [2.45, 2.75) is 19.4 Å². The Balaban J connectivity index is 1.74. The highest BCUT2D eigenvalue weighted by atomic mass is 35.5. The molecule has 5 nitrogen and oxygen atoms in total. The lowest BCUT2D eigenvalue weighted by molar-refractivity contribution is -0.0228. The van der Waals surface area contributed by atoms with Gasteiger partial charge in [0.05, 0.1) is 28.8 Å². The highest BCUT2D eigenvalue weighted by Gasteiger charge is 2.26. The molecule has 24 heavy (non-hydrogen) atoms. The Morgan fingerprint density at radius 1 is 1.29 bits per heavy atom. The minimum absolute atomic E-state index is 0.0917. The van der Waals surface area contributed by atoms with Crippen molar-refractivity contribution >= 4 is 29.1 Å². The van der Waals surface area contributed by atoms with Crippen LogP contribution in [0.25, 0.3) is 0 Å². The number of carbonyl (C=O) groups is 1. The van der Waals surface area contributed by atoms with Crippen LogP contribution >= 0.6 is 23.2 Å². The molecule has 1 unspecified atom stereocenters. The minimum atomic E-state index is -0.228. The summed E-state index contributed by atoms with van der Waals surface area (Å²) in [5, 5.41) is 0.974.